The molecule has 2 atom stereocenters. The van der Waals surface area contributed by atoms with Gasteiger partial charge in [0.1, 0.15) is 4.88 Å². The van der Waals surface area contributed by atoms with Crippen molar-refractivity contribution in [3.8, 4) is 0 Å². The lowest BCUT2D eigenvalue weighted by Gasteiger charge is -2.36. The molecule has 0 aromatic carbocycles. The lowest BCUT2D eigenvalue weighted by atomic mass is 9.92. The molecule has 104 valence electrons. The van der Waals surface area contributed by atoms with Crippen LogP contribution in [-0.4, -0.2) is 46.1 Å². The summed E-state index contributed by atoms with van der Waals surface area (Å²) in [5, 5.41) is 7.53. The van der Waals surface area contributed by atoms with Gasteiger partial charge in [-0.05, 0) is 36.7 Å². The number of piperidine rings is 1. The molecule has 0 aliphatic carbocycles. The molecule has 2 unspecified atom stereocenters. The van der Waals surface area contributed by atoms with Crippen molar-refractivity contribution in [3.05, 3.63) is 10.6 Å². The summed E-state index contributed by atoms with van der Waals surface area (Å²) in [6, 6.07) is 0.373. The predicted molar refractivity (Wildman–Crippen MR) is 74.3 cm³/mol. The highest BCUT2D eigenvalue weighted by Gasteiger charge is 2.38. The molecule has 2 aliphatic heterocycles. The van der Waals surface area contributed by atoms with Crippen LogP contribution < -0.4 is 5.32 Å². The predicted octanol–water partition coefficient (Wildman–Crippen LogP) is 1.31. The van der Waals surface area contributed by atoms with E-state index in [1.54, 1.807) is 0 Å². The lowest BCUT2D eigenvalue weighted by Crippen LogP contribution is -2.48. The minimum absolute atomic E-state index is 0.150. The fraction of sp³-hybridized carbons (Fsp3) is 0.769. The summed E-state index contributed by atoms with van der Waals surface area (Å²) in [6.07, 6.45) is 4.20. The van der Waals surface area contributed by atoms with Crippen LogP contribution >= 0.6 is 11.5 Å². The molecule has 3 rings (SSSR count). The molecular formula is C13H20N4OS. The monoisotopic (exact) mass is 280 g/mol. The first kappa shape index (κ1) is 13.0. The molecule has 0 radical (unpaired) electrons. The number of amides is 1. The van der Waals surface area contributed by atoms with Crippen molar-refractivity contribution in [2.45, 2.75) is 38.6 Å². The maximum absolute atomic E-state index is 12.7. The molecule has 3 heterocycles. The smallest absolute Gasteiger partial charge is 0.267 e. The van der Waals surface area contributed by atoms with Crippen LogP contribution in [0, 0.1) is 5.92 Å². The quantitative estimate of drug-likeness (QED) is 0.907. The Bertz CT molecular complexity index is 461. The average molecular weight is 280 g/mol. The van der Waals surface area contributed by atoms with Gasteiger partial charge in [0.2, 0.25) is 0 Å². The fourth-order valence-electron chi connectivity index (χ4n) is 3.22. The lowest BCUT2D eigenvalue weighted by molar-refractivity contribution is 0.0578. The summed E-state index contributed by atoms with van der Waals surface area (Å²) in [5.74, 6) is 0.782. The number of aryl methyl sites for hydroxylation is 1. The second-order valence-corrected chi connectivity index (χ2v) is 6.18. The van der Waals surface area contributed by atoms with E-state index in [9.17, 15) is 4.79 Å². The van der Waals surface area contributed by atoms with Crippen molar-refractivity contribution in [3.63, 3.8) is 0 Å². The largest absolute Gasteiger partial charge is 0.333 e. The highest BCUT2D eigenvalue weighted by atomic mass is 32.1. The number of aromatic nitrogens is 2. The number of nitrogens with zero attached hydrogens (tertiary/aromatic N) is 3. The van der Waals surface area contributed by atoms with Gasteiger partial charge in [0.25, 0.3) is 5.91 Å². The third-order valence-corrected chi connectivity index (χ3v) is 4.93. The first-order valence-electron chi connectivity index (χ1n) is 7.14. The third kappa shape index (κ3) is 2.39. The summed E-state index contributed by atoms with van der Waals surface area (Å²) in [6.45, 7) is 4.97. The highest BCUT2D eigenvalue weighted by Crippen LogP contribution is 2.28. The van der Waals surface area contributed by atoms with Gasteiger partial charge in [-0.15, -0.1) is 5.10 Å². The maximum atomic E-state index is 12.7. The zero-order valence-corrected chi connectivity index (χ0v) is 12.1. The van der Waals surface area contributed by atoms with Gasteiger partial charge in [-0.3, -0.25) is 4.79 Å². The van der Waals surface area contributed by atoms with Crippen molar-refractivity contribution in [2.75, 3.05) is 19.6 Å². The fourth-order valence-corrected chi connectivity index (χ4v) is 3.89. The summed E-state index contributed by atoms with van der Waals surface area (Å²) in [5.41, 5.74) is 0.880. The molecule has 6 heteroatoms. The average Bonchev–Trinajstić information content (AvgIpc) is 3.06. The van der Waals surface area contributed by atoms with Crippen molar-refractivity contribution < 1.29 is 4.79 Å². The molecule has 1 amide bonds. The zero-order valence-electron chi connectivity index (χ0n) is 11.3. The van der Waals surface area contributed by atoms with Crippen molar-refractivity contribution in [1.82, 2.24) is 19.8 Å². The van der Waals surface area contributed by atoms with Crippen LogP contribution in [0.4, 0.5) is 0 Å². The summed E-state index contributed by atoms with van der Waals surface area (Å²) in [4.78, 5) is 15.5. The van der Waals surface area contributed by atoms with Gasteiger partial charge in [-0.2, -0.15) is 0 Å². The van der Waals surface area contributed by atoms with E-state index in [-0.39, 0.29) is 5.91 Å². The molecule has 1 aromatic rings. The number of hydrogen-bond donors (Lipinski definition) is 1. The number of fused-ring (bicyclic) bond motifs is 1. The Morgan fingerprint density at radius 1 is 1.53 bits per heavy atom. The van der Waals surface area contributed by atoms with Gasteiger partial charge in [0, 0.05) is 25.7 Å². The van der Waals surface area contributed by atoms with E-state index in [0.717, 1.165) is 49.5 Å². The van der Waals surface area contributed by atoms with E-state index in [1.807, 2.05) is 0 Å². The molecule has 1 N–H and O–H groups in total. The van der Waals surface area contributed by atoms with Crippen LogP contribution in [-0.2, 0) is 6.42 Å². The zero-order chi connectivity index (χ0) is 13.2. The molecule has 0 saturated carbocycles. The van der Waals surface area contributed by atoms with E-state index < -0.39 is 0 Å². The van der Waals surface area contributed by atoms with Gasteiger partial charge in [-0.25, -0.2) is 0 Å². The van der Waals surface area contributed by atoms with E-state index in [4.69, 9.17) is 0 Å². The topological polar surface area (TPSA) is 58.1 Å². The molecule has 0 spiro atoms. The summed E-state index contributed by atoms with van der Waals surface area (Å²) < 4.78 is 3.97. The Kier molecular flexibility index (Phi) is 3.79. The molecule has 5 nitrogen and oxygen atoms in total. The molecule has 2 fully saturated rings. The molecule has 1 aromatic heterocycles. The number of rotatable bonds is 3. The van der Waals surface area contributed by atoms with Gasteiger partial charge in [0.15, 0.2) is 0 Å². The Hall–Kier alpha value is -1.01. The Morgan fingerprint density at radius 3 is 3.26 bits per heavy atom. The third-order valence-electron chi connectivity index (χ3n) is 4.18. The van der Waals surface area contributed by atoms with Crippen LogP contribution in [0.5, 0.6) is 0 Å². The summed E-state index contributed by atoms with van der Waals surface area (Å²) in [7, 11) is 0. The standard InChI is InChI=1S/C13H20N4OS/c1-2-4-10-12(19-16-15-10)13(18)17-6-3-5-9-7-14-8-11(9)17/h9,11,14H,2-8H2,1H3. The van der Waals surface area contributed by atoms with Gasteiger partial charge in [0.05, 0.1) is 5.69 Å². The first-order valence-corrected chi connectivity index (χ1v) is 7.91. The molecule has 19 heavy (non-hydrogen) atoms. The molecule has 2 saturated heterocycles. The second kappa shape index (κ2) is 5.54. The van der Waals surface area contributed by atoms with Crippen molar-refractivity contribution >= 4 is 17.4 Å². The van der Waals surface area contributed by atoms with Crippen LogP contribution in [0.15, 0.2) is 0 Å². The number of likely N-dealkylation sites (tertiary alicyclic amines) is 1. The Balaban J connectivity index is 1.80. The molecular weight excluding hydrogens is 260 g/mol. The Morgan fingerprint density at radius 2 is 2.42 bits per heavy atom. The number of hydrogen-bond acceptors (Lipinski definition) is 5. The van der Waals surface area contributed by atoms with E-state index in [2.05, 4.69) is 26.7 Å². The second-order valence-electron chi connectivity index (χ2n) is 5.43. The van der Waals surface area contributed by atoms with Crippen LogP contribution in [0.25, 0.3) is 0 Å². The minimum Gasteiger partial charge on any atom is -0.333 e. The normalized spacial score (nSPS) is 26.5. The number of carbonyl (C=O) groups excluding carboxylic acids is 1. The Labute approximate surface area is 117 Å². The van der Waals surface area contributed by atoms with Crippen LogP contribution in [0.1, 0.15) is 41.6 Å². The van der Waals surface area contributed by atoms with Crippen molar-refractivity contribution in [1.29, 1.82) is 0 Å². The summed E-state index contributed by atoms with van der Waals surface area (Å²) >= 11 is 1.25. The van der Waals surface area contributed by atoms with Gasteiger partial charge >= 0.3 is 0 Å². The molecule has 2 aliphatic rings. The molecule has 0 bridgehead atoms. The van der Waals surface area contributed by atoms with Crippen molar-refractivity contribution in [2.24, 2.45) is 5.92 Å². The van der Waals surface area contributed by atoms with E-state index in [1.165, 1.54) is 18.0 Å². The van der Waals surface area contributed by atoms with E-state index >= 15 is 0 Å². The van der Waals surface area contributed by atoms with Crippen LogP contribution in [0.2, 0.25) is 0 Å². The van der Waals surface area contributed by atoms with E-state index in [0.29, 0.717) is 12.0 Å². The number of carbonyl (C=O) groups is 1. The SMILES string of the molecule is CCCc1nnsc1C(=O)N1CCCC2CNCC21. The first-order chi connectivity index (χ1) is 9.31. The van der Waals surface area contributed by atoms with Crippen LogP contribution in [0.3, 0.4) is 0 Å². The minimum atomic E-state index is 0.150. The number of nitrogens with one attached hydrogen (secondary N) is 1. The van der Waals surface area contributed by atoms with Gasteiger partial charge in [-0.1, -0.05) is 17.8 Å². The highest BCUT2D eigenvalue weighted by molar-refractivity contribution is 7.08. The maximum Gasteiger partial charge on any atom is 0.267 e. The van der Waals surface area contributed by atoms with Gasteiger partial charge < -0.3 is 10.2 Å².